The van der Waals surface area contributed by atoms with E-state index in [9.17, 15) is 22.4 Å². The Hall–Kier alpha value is -3.14. The highest BCUT2D eigenvalue weighted by Gasteiger charge is 2.31. The van der Waals surface area contributed by atoms with Gasteiger partial charge in [0.15, 0.2) is 9.84 Å². The van der Waals surface area contributed by atoms with Crippen LogP contribution in [0.5, 0.6) is 0 Å². The van der Waals surface area contributed by atoms with Gasteiger partial charge in [-0.1, -0.05) is 47.5 Å². The molecule has 11 heteroatoms. The Morgan fingerprint density at radius 3 is 2.50 bits per heavy atom. The summed E-state index contributed by atoms with van der Waals surface area (Å²) >= 11 is 12.3. The van der Waals surface area contributed by atoms with E-state index in [0.717, 1.165) is 12.3 Å². The van der Waals surface area contributed by atoms with E-state index in [1.165, 1.54) is 23.1 Å². The zero-order chi connectivity index (χ0) is 26.0. The van der Waals surface area contributed by atoms with Crippen LogP contribution >= 0.6 is 23.2 Å². The molecule has 0 aromatic heterocycles. The Balaban J connectivity index is 1.52. The molecule has 188 valence electrons. The summed E-state index contributed by atoms with van der Waals surface area (Å²) in [6.45, 7) is 0.417. The Morgan fingerprint density at radius 1 is 1.06 bits per heavy atom. The maximum absolute atomic E-state index is 14.0. The van der Waals surface area contributed by atoms with Crippen LogP contribution in [0.1, 0.15) is 12.8 Å². The molecule has 0 spiro atoms. The van der Waals surface area contributed by atoms with Crippen molar-refractivity contribution in [2.75, 3.05) is 23.0 Å². The summed E-state index contributed by atoms with van der Waals surface area (Å²) in [5.41, 5.74) is 1.44. The van der Waals surface area contributed by atoms with Gasteiger partial charge in [0.1, 0.15) is 11.9 Å². The van der Waals surface area contributed by atoms with E-state index in [1.807, 2.05) is 0 Å². The van der Waals surface area contributed by atoms with Gasteiger partial charge in [0.2, 0.25) is 5.91 Å². The molecule has 3 aromatic carbocycles. The van der Waals surface area contributed by atoms with Crippen molar-refractivity contribution in [3.8, 4) is 11.1 Å². The zero-order valence-electron chi connectivity index (χ0n) is 19.1. The number of piperidine rings is 1. The first-order chi connectivity index (χ1) is 17.0. The molecule has 1 fully saturated rings. The average Bonchev–Trinajstić information content (AvgIpc) is 2.82. The number of urea groups is 1. The summed E-state index contributed by atoms with van der Waals surface area (Å²) in [5.74, 6) is -1.03. The van der Waals surface area contributed by atoms with Crippen LogP contribution in [-0.2, 0) is 14.6 Å². The SMILES string of the molecule is CS(=O)(=O)c1ccccc1-c1ccc(N2CCC[C@@H](NC(=O)Nc3ccc(Cl)cc3F)C2=O)cc1Cl. The summed E-state index contributed by atoms with van der Waals surface area (Å²) in [6.07, 6.45) is 2.16. The molecule has 1 heterocycles. The first-order valence-corrected chi connectivity index (χ1v) is 13.6. The number of hydrogen-bond donors (Lipinski definition) is 2. The molecule has 4 rings (SSSR count). The molecule has 2 N–H and O–H groups in total. The van der Waals surface area contributed by atoms with Crippen molar-refractivity contribution < 1.29 is 22.4 Å². The van der Waals surface area contributed by atoms with Crippen molar-refractivity contribution in [3.05, 3.63) is 76.5 Å². The molecule has 36 heavy (non-hydrogen) atoms. The second-order valence-corrected chi connectivity index (χ2v) is 11.2. The number of sulfone groups is 1. The minimum Gasteiger partial charge on any atom is -0.326 e. The summed E-state index contributed by atoms with van der Waals surface area (Å²) in [4.78, 5) is 27.2. The number of halogens is 3. The lowest BCUT2D eigenvalue weighted by Gasteiger charge is -2.33. The second-order valence-electron chi connectivity index (χ2n) is 8.34. The third-order valence-corrected chi connectivity index (χ3v) is 7.47. The number of amides is 3. The fourth-order valence-electron chi connectivity index (χ4n) is 4.08. The maximum atomic E-state index is 14.0. The van der Waals surface area contributed by atoms with Crippen molar-refractivity contribution >= 4 is 56.4 Å². The van der Waals surface area contributed by atoms with Crippen LogP contribution in [0.25, 0.3) is 11.1 Å². The number of benzene rings is 3. The summed E-state index contributed by atoms with van der Waals surface area (Å²) in [5, 5.41) is 5.46. The van der Waals surface area contributed by atoms with Gasteiger partial charge in [0.05, 0.1) is 15.6 Å². The van der Waals surface area contributed by atoms with E-state index in [2.05, 4.69) is 10.6 Å². The summed E-state index contributed by atoms with van der Waals surface area (Å²) in [6, 6.07) is 13.8. The van der Waals surface area contributed by atoms with Crippen LogP contribution in [0.15, 0.2) is 65.6 Å². The maximum Gasteiger partial charge on any atom is 0.319 e. The predicted molar refractivity (Wildman–Crippen MR) is 139 cm³/mol. The third kappa shape index (κ3) is 5.64. The smallest absolute Gasteiger partial charge is 0.319 e. The highest BCUT2D eigenvalue weighted by atomic mass is 35.5. The van der Waals surface area contributed by atoms with E-state index < -0.39 is 27.7 Å². The molecule has 1 atom stereocenters. The topological polar surface area (TPSA) is 95.6 Å². The molecule has 3 amide bonds. The zero-order valence-corrected chi connectivity index (χ0v) is 21.4. The molecule has 0 aliphatic carbocycles. The highest BCUT2D eigenvalue weighted by molar-refractivity contribution is 7.90. The lowest BCUT2D eigenvalue weighted by molar-refractivity contribution is -0.121. The molecule has 0 unspecified atom stereocenters. The molecule has 1 aliphatic heterocycles. The monoisotopic (exact) mass is 549 g/mol. The molecular weight excluding hydrogens is 528 g/mol. The number of hydrogen-bond acceptors (Lipinski definition) is 4. The van der Waals surface area contributed by atoms with Gasteiger partial charge in [0, 0.05) is 34.6 Å². The first-order valence-electron chi connectivity index (χ1n) is 11.0. The van der Waals surface area contributed by atoms with E-state index in [4.69, 9.17) is 23.2 Å². The molecule has 1 saturated heterocycles. The number of nitrogens with zero attached hydrogens (tertiary/aromatic N) is 1. The molecule has 1 aliphatic rings. The van der Waals surface area contributed by atoms with E-state index in [-0.39, 0.29) is 26.5 Å². The van der Waals surface area contributed by atoms with Crippen molar-refractivity contribution in [2.45, 2.75) is 23.8 Å². The summed E-state index contributed by atoms with van der Waals surface area (Å²) < 4.78 is 38.4. The van der Waals surface area contributed by atoms with Gasteiger partial charge >= 0.3 is 6.03 Å². The number of nitrogens with one attached hydrogen (secondary N) is 2. The molecule has 0 radical (unpaired) electrons. The van der Waals surface area contributed by atoms with Crippen LogP contribution < -0.4 is 15.5 Å². The minimum absolute atomic E-state index is 0.0613. The molecule has 3 aromatic rings. The van der Waals surface area contributed by atoms with Crippen LogP contribution in [0.2, 0.25) is 10.0 Å². The van der Waals surface area contributed by atoms with E-state index in [1.54, 1.807) is 36.4 Å². The fraction of sp³-hybridized carbons (Fsp3) is 0.200. The van der Waals surface area contributed by atoms with Crippen LogP contribution in [0, 0.1) is 5.82 Å². The average molecular weight is 550 g/mol. The Bertz CT molecular complexity index is 1450. The van der Waals surface area contributed by atoms with Gasteiger partial charge in [-0.3, -0.25) is 4.79 Å². The number of carbonyl (C=O) groups is 2. The lowest BCUT2D eigenvalue weighted by Crippen LogP contribution is -2.53. The Morgan fingerprint density at radius 2 is 1.81 bits per heavy atom. The van der Waals surface area contributed by atoms with E-state index >= 15 is 0 Å². The Labute approximate surface area is 218 Å². The first kappa shape index (κ1) is 25.9. The Kier molecular flexibility index (Phi) is 7.54. The third-order valence-electron chi connectivity index (χ3n) is 5.76. The van der Waals surface area contributed by atoms with Gasteiger partial charge in [-0.15, -0.1) is 0 Å². The van der Waals surface area contributed by atoms with E-state index in [0.29, 0.717) is 36.2 Å². The normalized spacial score (nSPS) is 16.1. The molecular formula is C25H22Cl2FN3O4S. The van der Waals surface area contributed by atoms with Crippen molar-refractivity contribution in [2.24, 2.45) is 0 Å². The number of anilines is 2. The van der Waals surface area contributed by atoms with Crippen LogP contribution in [-0.4, -0.2) is 39.2 Å². The molecule has 0 bridgehead atoms. The minimum atomic E-state index is -3.48. The fourth-order valence-corrected chi connectivity index (χ4v) is 5.41. The van der Waals surface area contributed by atoms with Gasteiger partial charge in [-0.2, -0.15) is 0 Å². The van der Waals surface area contributed by atoms with Gasteiger partial charge in [0.25, 0.3) is 0 Å². The second kappa shape index (κ2) is 10.5. The van der Waals surface area contributed by atoms with Crippen molar-refractivity contribution in [1.82, 2.24) is 5.32 Å². The van der Waals surface area contributed by atoms with Gasteiger partial charge in [-0.05, 0) is 49.2 Å². The predicted octanol–water partition coefficient (Wildman–Crippen LogP) is 5.52. The molecule has 0 saturated carbocycles. The standard InChI is InChI=1S/C25H22Cl2FN3O4S/c1-36(34,35)23-7-3-2-5-18(23)17-10-9-16(14-19(17)27)31-12-4-6-22(24(31)32)30-25(33)29-21-11-8-15(26)13-20(21)28/h2-3,5,7-11,13-14,22H,4,6,12H2,1H3,(H2,29,30,33)/t22-/m1/s1. The van der Waals surface area contributed by atoms with Crippen LogP contribution in [0.3, 0.4) is 0 Å². The number of carbonyl (C=O) groups excluding carboxylic acids is 2. The van der Waals surface area contributed by atoms with Crippen molar-refractivity contribution in [3.63, 3.8) is 0 Å². The van der Waals surface area contributed by atoms with Crippen LogP contribution in [0.4, 0.5) is 20.6 Å². The largest absolute Gasteiger partial charge is 0.326 e. The summed E-state index contributed by atoms with van der Waals surface area (Å²) in [7, 11) is -3.48. The van der Waals surface area contributed by atoms with Gasteiger partial charge < -0.3 is 15.5 Å². The lowest BCUT2D eigenvalue weighted by atomic mass is 10.0. The van der Waals surface area contributed by atoms with Gasteiger partial charge in [-0.25, -0.2) is 17.6 Å². The quantitative estimate of drug-likeness (QED) is 0.438. The highest BCUT2D eigenvalue weighted by Crippen LogP contribution is 2.36. The molecule has 7 nitrogen and oxygen atoms in total. The van der Waals surface area contributed by atoms with Crippen molar-refractivity contribution in [1.29, 1.82) is 0 Å². The number of rotatable bonds is 5.